The van der Waals surface area contributed by atoms with Crippen molar-refractivity contribution in [3.05, 3.63) is 29.8 Å². The standard InChI is InChI=1S/C14H16N4O3/c1-9(19)16-11-4-2-10(3-5-11)8-15-18-14(21)13(20)17-12-6-7-12/h2-5,8,12H,6-7H2,1H3,(H,16,19)(H,17,20)(H,18,21)/b15-8-. The molecule has 110 valence electrons. The molecule has 7 heteroatoms. The zero-order valence-electron chi connectivity index (χ0n) is 11.6. The van der Waals surface area contributed by atoms with E-state index in [2.05, 4.69) is 21.2 Å². The van der Waals surface area contributed by atoms with E-state index in [1.54, 1.807) is 24.3 Å². The molecule has 0 atom stereocenters. The van der Waals surface area contributed by atoms with Crippen LogP contribution in [0, 0.1) is 0 Å². The Morgan fingerprint density at radius 3 is 2.38 bits per heavy atom. The van der Waals surface area contributed by atoms with Crippen molar-refractivity contribution in [3.63, 3.8) is 0 Å². The first-order valence-corrected chi connectivity index (χ1v) is 6.56. The third-order valence-corrected chi connectivity index (χ3v) is 2.73. The van der Waals surface area contributed by atoms with Crippen LogP contribution < -0.4 is 16.1 Å². The molecule has 1 aliphatic rings. The summed E-state index contributed by atoms with van der Waals surface area (Å²) >= 11 is 0. The maximum atomic E-state index is 11.4. The normalized spacial score (nSPS) is 13.8. The summed E-state index contributed by atoms with van der Waals surface area (Å²) in [4.78, 5) is 33.6. The highest BCUT2D eigenvalue weighted by Crippen LogP contribution is 2.18. The molecule has 0 aromatic heterocycles. The highest BCUT2D eigenvalue weighted by Gasteiger charge is 2.26. The van der Waals surface area contributed by atoms with Crippen molar-refractivity contribution >= 4 is 29.6 Å². The number of nitrogens with zero attached hydrogens (tertiary/aromatic N) is 1. The lowest BCUT2D eigenvalue weighted by Gasteiger charge is -2.02. The summed E-state index contributed by atoms with van der Waals surface area (Å²) in [5.74, 6) is -1.60. The summed E-state index contributed by atoms with van der Waals surface area (Å²) < 4.78 is 0. The fourth-order valence-corrected chi connectivity index (χ4v) is 1.55. The van der Waals surface area contributed by atoms with Gasteiger partial charge in [0, 0.05) is 18.7 Å². The van der Waals surface area contributed by atoms with Crippen molar-refractivity contribution in [2.75, 3.05) is 5.32 Å². The third kappa shape index (κ3) is 5.06. The van der Waals surface area contributed by atoms with Gasteiger partial charge in [-0.15, -0.1) is 0 Å². The number of carbonyl (C=O) groups is 3. The molecule has 7 nitrogen and oxygen atoms in total. The van der Waals surface area contributed by atoms with Gasteiger partial charge in [0.05, 0.1) is 6.21 Å². The first kappa shape index (κ1) is 14.7. The second kappa shape index (κ2) is 6.65. The molecule has 3 amide bonds. The molecule has 1 aromatic carbocycles. The SMILES string of the molecule is CC(=O)Nc1ccc(/C=N\NC(=O)C(=O)NC2CC2)cc1. The number of carbonyl (C=O) groups excluding carboxylic acids is 3. The smallest absolute Gasteiger partial charge is 0.329 e. The van der Waals surface area contributed by atoms with Gasteiger partial charge in [-0.3, -0.25) is 14.4 Å². The molecule has 0 heterocycles. The van der Waals surface area contributed by atoms with E-state index in [0.717, 1.165) is 18.4 Å². The maximum absolute atomic E-state index is 11.4. The molecule has 0 spiro atoms. The summed E-state index contributed by atoms with van der Waals surface area (Å²) in [6, 6.07) is 7.01. The minimum Gasteiger partial charge on any atom is -0.345 e. The molecule has 0 bridgehead atoms. The van der Waals surface area contributed by atoms with Crippen LogP contribution in [0.1, 0.15) is 25.3 Å². The zero-order chi connectivity index (χ0) is 15.2. The van der Waals surface area contributed by atoms with E-state index in [4.69, 9.17) is 0 Å². The Balaban J connectivity index is 1.81. The second-order valence-electron chi connectivity index (χ2n) is 4.75. The first-order valence-electron chi connectivity index (χ1n) is 6.56. The number of hydrogen-bond donors (Lipinski definition) is 3. The van der Waals surface area contributed by atoms with Gasteiger partial charge in [-0.2, -0.15) is 5.10 Å². The number of benzene rings is 1. The minimum atomic E-state index is -0.784. The average molecular weight is 288 g/mol. The molecule has 1 aliphatic carbocycles. The number of hydrazone groups is 1. The fourth-order valence-electron chi connectivity index (χ4n) is 1.55. The number of rotatable bonds is 4. The number of nitrogens with one attached hydrogen (secondary N) is 3. The minimum absolute atomic E-state index is 0.133. The van der Waals surface area contributed by atoms with E-state index < -0.39 is 11.8 Å². The average Bonchev–Trinajstić information content (AvgIpc) is 3.24. The Morgan fingerprint density at radius 1 is 1.14 bits per heavy atom. The Morgan fingerprint density at radius 2 is 1.81 bits per heavy atom. The van der Waals surface area contributed by atoms with Crippen molar-refractivity contribution in [2.24, 2.45) is 5.10 Å². The predicted molar refractivity (Wildman–Crippen MR) is 77.6 cm³/mol. The van der Waals surface area contributed by atoms with Crippen molar-refractivity contribution in [1.82, 2.24) is 10.7 Å². The van der Waals surface area contributed by atoms with E-state index in [-0.39, 0.29) is 11.9 Å². The van der Waals surface area contributed by atoms with E-state index in [1.165, 1.54) is 13.1 Å². The molecule has 2 rings (SSSR count). The molecule has 1 fully saturated rings. The Bertz CT molecular complexity index is 576. The van der Waals surface area contributed by atoms with Crippen LogP contribution >= 0.6 is 0 Å². The van der Waals surface area contributed by atoms with Crippen LogP contribution in [0.25, 0.3) is 0 Å². The van der Waals surface area contributed by atoms with Crippen LogP contribution in [-0.4, -0.2) is 30.0 Å². The number of anilines is 1. The number of hydrogen-bond acceptors (Lipinski definition) is 4. The van der Waals surface area contributed by atoms with E-state index in [9.17, 15) is 14.4 Å². The molecule has 0 aliphatic heterocycles. The van der Waals surface area contributed by atoms with Crippen molar-refractivity contribution in [1.29, 1.82) is 0 Å². The monoisotopic (exact) mass is 288 g/mol. The van der Waals surface area contributed by atoms with E-state index in [0.29, 0.717) is 5.69 Å². The van der Waals surface area contributed by atoms with Crippen LogP contribution in [0.3, 0.4) is 0 Å². The lowest BCUT2D eigenvalue weighted by atomic mass is 10.2. The van der Waals surface area contributed by atoms with Crippen molar-refractivity contribution in [3.8, 4) is 0 Å². The Kier molecular flexibility index (Phi) is 4.65. The van der Waals surface area contributed by atoms with Crippen LogP contribution in [0.5, 0.6) is 0 Å². The largest absolute Gasteiger partial charge is 0.345 e. The Hall–Kier alpha value is -2.70. The second-order valence-corrected chi connectivity index (χ2v) is 4.75. The topological polar surface area (TPSA) is 99.7 Å². The number of amides is 3. The van der Waals surface area contributed by atoms with E-state index >= 15 is 0 Å². The summed E-state index contributed by atoms with van der Waals surface area (Å²) in [6.07, 6.45) is 3.26. The molecule has 0 unspecified atom stereocenters. The quantitative estimate of drug-likeness (QED) is 0.424. The summed E-state index contributed by atoms with van der Waals surface area (Å²) in [6.45, 7) is 1.43. The lowest BCUT2D eigenvalue weighted by Crippen LogP contribution is -2.38. The van der Waals surface area contributed by atoms with Gasteiger partial charge in [0.1, 0.15) is 0 Å². The molecular formula is C14H16N4O3. The first-order chi connectivity index (χ1) is 10.0. The van der Waals surface area contributed by atoms with Gasteiger partial charge in [0.2, 0.25) is 5.91 Å². The molecule has 0 saturated heterocycles. The van der Waals surface area contributed by atoms with Gasteiger partial charge in [-0.25, -0.2) is 5.43 Å². The molecule has 1 aromatic rings. The van der Waals surface area contributed by atoms with Gasteiger partial charge < -0.3 is 10.6 Å². The van der Waals surface area contributed by atoms with Crippen LogP contribution in [-0.2, 0) is 14.4 Å². The third-order valence-electron chi connectivity index (χ3n) is 2.73. The molecule has 0 radical (unpaired) electrons. The summed E-state index contributed by atoms with van der Waals surface area (Å²) in [5, 5.41) is 8.91. The summed E-state index contributed by atoms with van der Waals surface area (Å²) in [5.41, 5.74) is 3.56. The van der Waals surface area contributed by atoms with Gasteiger partial charge in [0.15, 0.2) is 0 Å². The molecule has 1 saturated carbocycles. The van der Waals surface area contributed by atoms with Crippen LogP contribution in [0.15, 0.2) is 29.4 Å². The molecular weight excluding hydrogens is 272 g/mol. The lowest BCUT2D eigenvalue weighted by molar-refractivity contribution is -0.139. The van der Waals surface area contributed by atoms with Gasteiger partial charge >= 0.3 is 11.8 Å². The fraction of sp³-hybridized carbons (Fsp3) is 0.286. The van der Waals surface area contributed by atoms with Gasteiger partial charge in [-0.1, -0.05) is 12.1 Å². The predicted octanol–water partition coefficient (Wildman–Crippen LogP) is 0.374. The van der Waals surface area contributed by atoms with Gasteiger partial charge in [-0.05, 0) is 30.5 Å². The highest BCUT2D eigenvalue weighted by atomic mass is 16.2. The summed E-state index contributed by atoms with van der Waals surface area (Å²) in [7, 11) is 0. The maximum Gasteiger partial charge on any atom is 0.329 e. The highest BCUT2D eigenvalue weighted by molar-refractivity contribution is 6.35. The van der Waals surface area contributed by atoms with Crippen molar-refractivity contribution in [2.45, 2.75) is 25.8 Å². The molecule has 3 N–H and O–H groups in total. The Labute approximate surface area is 121 Å². The van der Waals surface area contributed by atoms with Gasteiger partial charge in [0.25, 0.3) is 0 Å². The van der Waals surface area contributed by atoms with Crippen molar-refractivity contribution < 1.29 is 14.4 Å². The van der Waals surface area contributed by atoms with Crippen LogP contribution in [0.4, 0.5) is 5.69 Å². The molecule has 21 heavy (non-hydrogen) atoms. The zero-order valence-corrected chi connectivity index (χ0v) is 11.6. The van der Waals surface area contributed by atoms with E-state index in [1.807, 2.05) is 0 Å². The van der Waals surface area contributed by atoms with Crippen LogP contribution in [0.2, 0.25) is 0 Å².